The molecule has 0 radical (unpaired) electrons. The van der Waals surface area contributed by atoms with Crippen LogP contribution in [0.3, 0.4) is 0 Å². The summed E-state index contributed by atoms with van der Waals surface area (Å²) in [4.78, 5) is 13.4. The second-order valence-electron chi connectivity index (χ2n) is 6.68. The number of nitrogens with zero attached hydrogens (tertiary/aromatic N) is 1. The first-order valence-corrected chi connectivity index (χ1v) is 9.58. The summed E-state index contributed by atoms with van der Waals surface area (Å²) in [6.07, 6.45) is 0. The van der Waals surface area contributed by atoms with E-state index in [1.165, 1.54) is 7.11 Å². The van der Waals surface area contributed by atoms with Crippen LogP contribution in [0.25, 0.3) is 22.0 Å². The van der Waals surface area contributed by atoms with E-state index >= 15 is 0 Å². The number of halogens is 1. The van der Waals surface area contributed by atoms with Crippen molar-refractivity contribution in [2.24, 2.45) is 0 Å². The van der Waals surface area contributed by atoms with Crippen LogP contribution in [0.15, 0.2) is 77.6 Å². The maximum atomic E-state index is 13.4. The summed E-state index contributed by atoms with van der Waals surface area (Å²) in [6, 6.07) is 23.0. The molecule has 0 aliphatic heterocycles. The molecule has 0 spiro atoms. The van der Waals surface area contributed by atoms with Gasteiger partial charge in [-0.1, -0.05) is 54.1 Å². The number of hydrogen-bond donors (Lipinski definition) is 0. The average Bonchev–Trinajstić information content (AvgIpc) is 2.75. The van der Waals surface area contributed by atoms with Crippen molar-refractivity contribution in [3.63, 3.8) is 0 Å². The third-order valence-corrected chi connectivity index (χ3v) is 5.16. The number of ether oxygens (including phenoxy) is 2. The van der Waals surface area contributed by atoms with Gasteiger partial charge >= 0.3 is 0 Å². The minimum Gasteiger partial charge on any atom is -0.497 e. The molecule has 1 heterocycles. The first-order valence-electron chi connectivity index (χ1n) is 9.20. The van der Waals surface area contributed by atoms with Crippen molar-refractivity contribution in [3.05, 3.63) is 93.7 Å². The fourth-order valence-corrected chi connectivity index (χ4v) is 3.81. The molecule has 146 valence electrons. The Kier molecular flexibility index (Phi) is 5.28. The van der Waals surface area contributed by atoms with Gasteiger partial charge in [-0.3, -0.25) is 4.79 Å². The fraction of sp³-hybridized carbons (Fsp3) is 0.125. The van der Waals surface area contributed by atoms with Crippen LogP contribution >= 0.6 is 11.6 Å². The Morgan fingerprint density at radius 1 is 0.897 bits per heavy atom. The summed E-state index contributed by atoms with van der Waals surface area (Å²) in [6.45, 7) is 0.383. The Labute approximate surface area is 173 Å². The summed E-state index contributed by atoms with van der Waals surface area (Å²) in [7, 11) is 3.15. The lowest BCUT2D eigenvalue weighted by Gasteiger charge is -2.18. The van der Waals surface area contributed by atoms with E-state index in [2.05, 4.69) is 0 Å². The van der Waals surface area contributed by atoms with Crippen molar-refractivity contribution < 1.29 is 9.47 Å². The Balaban J connectivity index is 2.05. The Bertz CT molecular complexity index is 1230. The second-order valence-corrected chi connectivity index (χ2v) is 7.12. The number of pyridine rings is 1. The Hall–Kier alpha value is -3.24. The lowest BCUT2D eigenvalue weighted by molar-refractivity contribution is 0.406. The van der Waals surface area contributed by atoms with E-state index in [4.69, 9.17) is 21.1 Å². The van der Waals surface area contributed by atoms with E-state index in [9.17, 15) is 4.79 Å². The van der Waals surface area contributed by atoms with Crippen LogP contribution in [0, 0.1) is 0 Å². The van der Waals surface area contributed by atoms with E-state index < -0.39 is 0 Å². The monoisotopic (exact) mass is 405 g/mol. The van der Waals surface area contributed by atoms with Gasteiger partial charge in [0.15, 0.2) is 5.75 Å². The summed E-state index contributed by atoms with van der Waals surface area (Å²) >= 11 is 6.14. The number of rotatable bonds is 5. The van der Waals surface area contributed by atoms with E-state index in [0.29, 0.717) is 23.1 Å². The number of aromatic nitrogens is 1. The van der Waals surface area contributed by atoms with Gasteiger partial charge < -0.3 is 14.0 Å². The summed E-state index contributed by atoms with van der Waals surface area (Å²) in [5.74, 6) is 1.02. The molecular weight excluding hydrogens is 386 g/mol. The molecule has 0 aliphatic carbocycles. The van der Waals surface area contributed by atoms with Crippen molar-refractivity contribution in [2.45, 2.75) is 6.54 Å². The summed E-state index contributed by atoms with van der Waals surface area (Å²) in [5.41, 5.74) is 3.22. The van der Waals surface area contributed by atoms with Gasteiger partial charge in [-0.05, 0) is 41.5 Å². The van der Waals surface area contributed by atoms with E-state index in [0.717, 1.165) is 27.6 Å². The quantitative estimate of drug-likeness (QED) is 0.447. The Morgan fingerprint density at radius 2 is 1.69 bits per heavy atom. The first kappa shape index (κ1) is 19.1. The molecule has 3 aromatic carbocycles. The van der Waals surface area contributed by atoms with Crippen LogP contribution in [0.5, 0.6) is 11.5 Å². The third kappa shape index (κ3) is 3.59. The summed E-state index contributed by atoms with van der Waals surface area (Å²) < 4.78 is 12.8. The van der Waals surface area contributed by atoms with Gasteiger partial charge in [0.05, 0.1) is 26.3 Å². The zero-order chi connectivity index (χ0) is 20.4. The standard InChI is InChI=1S/C24H20ClNO3/c1-28-19-11-12-21-20(14-19)22(17-8-4-3-5-9-17)23(29-2)24(27)26(21)15-16-7-6-10-18(25)13-16/h3-14H,15H2,1-2H3. The van der Waals surface area contributed by atoms with Crippen LogP contribution in [-0.2, 0) is 6.54 Å². The molecule has 0 aliphatic rings. The molecule has 0 saturated heterocycles. The van der Waals surface area contributed by atoms with Crippen LogP contribution in [0.4, 0.5) is 0 Å². The van der Waals surface area contributed by atoms with Gasteiger partial charge in [-0.2, -0.15) is 0 Å². The van der Waals surface area contributed by atoms with Crippen molar-refractivity contribution in [3.8, 4) is 22.6 Å². The maximum absolute atomic E-state index is 13.4. The van der Waals surface area contributed by atoms with Crippen molar-refractivity contribution >= 4 is 22.5 Å². The first-order chi connectivity index (χ1) is 14.1. The van der Waals surface area contributed by atoms with E-state index in [-0.39, 0.29) is 5.56 Å². The highest BCUT2D eigenvalue weighted by atomic mass is 35.5. The van der Waals surface area contributed by atoms with Crippen molar-refractivity contribution in [2.75, 3.05) is 14.2 Å². The van der Waals surface area contributed by atoms with Gasteiger partial charge in [-0.15, -0.1) is 0 Å². The number of benzene rings is 3. The van der Waals surface area contributed by atoms with Crippen molar-refractivity contribution in [1.29, 1.82) is 0 Å². The van der Waals surface area contributed by atoms with Crippen LogP contribution in [0.1, 0.15) is 5.56 Å². The van der Waals surface area contributed by atoms with Crippen LogP contribution in [-0.4, -0.2) is 18.8 Å². The normalized spacial score (nSPS) is 10.9. The Morgan fingerprint density at radius 3 is 2.38 bits per heavy atom. The van der Waals surface area contributed by atoms with Gasteiger partial charge in [0.2, 0.25) is 0 Å². The highest BCUT2D eigenvalue weighted by Gasteiger charge is 2.19. The maximum Gasteiger partial charge on any atom is 0.294 e. The van der Waals surface area contributed by atoms with Gasteiger partial charge in [-0.25, -0.2) is 0 Å². The van der Waals surface area contributed by atoms with Crippen LogP contribution in [0.2, 0.25) is 5.02 Å². The SMILES string of the molecule is COc1ccc2c(c1)c(-c1ccccc1)c(OC)c(=O)n2Cc1cccc(Cl)c1. The van der Waals surface area contributed by atoms with Crippen LogP contribution < -0.4 is 15.0 Å². The molecule has 4 aromatic rings. The molecule has 0 amide bonds. The minimum absolute atomic E-state index is 0.191. The molecule has 0 atom stereocenters. The number of methoxy groups -OCH3 is 2. The largest absolute Gasteiger partial charge is 0.497 e. The lowest BCUT2D eigenvalue weighted by Crippen LogP contribution is -2.23. The minimum atomic E-state index is -0.191. The van der Waals surface area contributed by atoms with Gasteiger partial charge in [0.1, 0.15) is 5.75 Å². The fourth-order valence-electron chi connectivity index (χ4n) is 3.59. The lowest BCUT2D eigenvalue weighted by atomic mass is 9.99. The van der Waals surface area contributed by atoms with E-state index in [1.807, 2.05) is 72.8 Å². The summed E-state index contributed by atoms with van der Waals surface area (Å²) in [5, 5.41) is 1.52. The molecule has 0 unspecified atom stereocenters. The van der Waals surface area contributed by atoms with Gasteiger partial charge in [0.25, 0.3) is 5.56 Å². The molecule has 29 heavy (non-hydrogen) atoms. The number of hydrogen-bond acceptors (Lipinski definition) is 3. The number of fused-ring (bicyclic) bond motifs is 1. The highest BCUT2D eigenvalue weighted by Crippen LogP contribution is 2.36. The third-order valence-electron chi connectivity index (χ3n) is 4.93. The molecule has 4 rings (SSSR count). The molecule has 4 nitrogen and oxygen atoms in total. The molecule has 0 N–H and O–H groups in total. The molecule has 0 bridgehead atoms. The molecule has 0 fully saturated rings. The molecule has 5 heteroatoms. The predicted molar refractivity (Wildman–Crippen MR) is 117 cm³/mol. The topological polar surface area (TPSA) is 40.5 Å². The molecule has 1 aromatic heterocycles. The van der Waals surface area contributed by atoms with Crippen molar-refractivity contribution in [1.82, 2.24) is 4.57 Å². The van der Waals surface area contributed by atoms with E-state index in [1.54, 1.807) is 11.7 Å². The zero-order valence-corrected chi connectivity index (χ0v) is 16.9. The zero-order valence-electron chi connectivity index (χ0n) is 16.2. The highest BCUT2D eigenvalue weighted by molar-refractivity contribution is 6.30. The molecule has 0 saturated carbocycles. The van der Waals surface area contributed by atoms with Gasteiger partial charge in [0, 0.05) is 16.0 Å². The second kappa shape index (κ2) is 8.02. The smallest absolute Gasteiger partial charge is 0.294 e. The molecular formula is C24H20ClNO3. The predicted octanol–water partition coefficient (Wildman–Crippen LogP) is 5.39. The average molecular weight is 406 g/mol.